The molecule has 0 spiro atoms. The summed E-state index contributed by atoms with van der Waals surface area (Å²) >= 11 is 5.66. The third-order valence-corrected chi connectivity index (χ3v) is 5.83. The van der Waals surface area contributed by atoms with E-state index in [4.69, 9.17) is 17.0 Å². The third kappa shape index (κ3) is 4.81. The molecule has 1 aromatic heterocycles. The molecule has 0 fully saturated rings. The van der Waals surface area contributed by atoms with Gasteiger partial charge in [-0.05, 0) is 53.6 Å². The van der Waals surface area contributed by atoms with E-state index < -0.39 is 0 Å². The molecule has 1 atom stereocenters. The second-order valence-corrected chi connectivity index (χ2v) is 7.99. The second-order valence-electron chi connectivity index (χ2n) is 7.58. The van der Waals surface area contributed by atoms with Crippen LogP contribution in [0.3, 0.4) is 0 Å². The number of carbonyl (C=O) groups excluding carboxylic acids is 1. The minimum Gasteiger partial charge on any atom is -0.497 e. The van der Waals surface area contributed by atoms with Crippen molar-refractivity contribution < 1.29 is 9.53 Å². The van der Waals surface area contributed by atoms with Gasteiger partial charge in [-0.15, -0.1) is 0 Å². The molecule has 5 nitrogen and oxygen atoms in total. The van der Waals surface area contributed by atoms with Gasteiger partial charge in [-0.3, -0.25) is 4.79 Å². The molecular formula is C26H25N3O2S. The molecule has 0 bridgehead atoms. The number of rotatable bonds is 7. The number of ether oxygens (including phenoxy) is 1. The van der Waals surface area contributed by atoms with Crippen molar-refractivity contribution >= 4 is 39.7 Å². The van der Waals surface area contributed by atoms with E-state index in [0.29, 0.717) is 11.5 Å². The Kier molecular flexibility index (Phi) is 6.52. The smallest absolute Gasteiger partial charge is 0.221 e. The number of amides is 1. The number of carbonyl (C=O) groups is 1. The Morgan fingerprint density at radius 2 is 1.75 bits per heavy atom. The van der Waals surface area contributed by atoms with Crippen LogP contribution in [0.1, 0.15) is 29.5 Å². The highest BCUT2D eigenvalue weighted by molar-refractivity contribution is 7.80. The van der Waals surface area contributed by atoms with Crippen LogP contribution in [0.4, 0.5) is 5.69 Å². The molecular weight excluding hydrogens is 418 g/mol. The zero-order valence-corrected chi connectivity index (χ0v) is 18.8. The number of H-pyrrole nitrogens is 1. The van der Waals surface area contributed by atoms with E-state index in [1.165, 1.54) is 23.4 Å². The van der Waals surface area contributed by atoms with Gasteiger partial charge in [-0.25, -0.2) is 0 Å². The van der Waals surface area contributed by atoms with Crippen molar-refractivity contribution in [2.24, 2.45) is 0 Å². The molecule has 0 aliphatic rings. The molecule has 0 radical (unpaired) electrons. The molecule has 3 aromatic carbocycles. The van der Waals surface area contributed by atoms with Crippen molar-refractivity contribution in [3.8, 4) is 5.75 Å². The summed E-state index contributed by atoms with van der Waals surface area (Å²) in [6.07, 6.45) is 2.08. The SMILES string of the molecule is COc1ccc([C@@H](CNC(=S)c2ccc(NC(C)=O)cc2)c2c[nH]c3ccccc23)cc1. The summed E-state index contributed by atoms with van der Waals surface area (Å²) < 4.78 is 5.33. The van der Waals surface area contributed by atoms with Crippen molar-refractivity contribution in [1.29, 1.82) is 0 Å². The molecule has 4 rings (SSSR count). The molecule has 0 saturated heterocycles. The molecule has 0 aliphatic heterocycles. The summed E-state index contributed by atoms with van der Waals surface area (Å²) in [4.78, 5) is 15.3. The number of benzene rings is 3. The summed E-state index contributed by atoms with van der Waals surface area (Å²) in [6, 6.07) is 24.0. The fourth-order valence-electron chi connectivity index (χ4n) is 3.83. The van der Waals surface area contributed by atoms with Crippen molar-refractivity contribution in [3.05, 3.63) is 95.7 Å². The first-order chi connectivity index (χ1) is 15.5. The lowest BCUT2D eigenvalue weighted by Crippen LogP contribution is -2.28. The standard InChI is InChI=1S/C26H25N3O2S/c1-17(30)29-20-11-7-19(8-12-20)26(32)28-15-23(18-9-13-21(31-2)14-10-18)24-16-27-25-6-4-3-5-22(24)25/h3-14,16,23,27H,15H2,1-2H3,(H,28,32)(H,29,30)/t23-/m1/s1. The topological polar surface area (TPSA) is 66.2 Å². The van der Waals surface area contributed by atoms with Crippen LogP contribution >= 0.6 is 12.2 Å². The van der Waals surface area contributed by atoms with Gasteiger partial charge in [0.2, 0.25) is 5.91 Å². The number of aromatic nitrogens is 1. The minimum absolute atomic E-state index is 0.0914. The number of nitrogens with one attached hydrogen (secondary N) is 3. The number of para-hydroxylation sites is 1. The summed E-state index contributed by atoms with van der Waals surface area (Å²) in [7, 11) is 1.67. The maximum Gasteiger partial charge on any atom is 0.221 e. The Bertz CT molecular complexity index is 1230. The molecule has 0 unspecified atom stereocenters. The zero-order chi connectivity index (χ0) is 22.5. The van der Waals surface area contributed by atoms with Gasteiger partial charge >= 0.3 is 0 Å². The van der Waals surface area contributed by atoms with Crippen LogP contribution in [0.25, 0.3) is 10.9 Å². The predicted octanol–water partition coefficient (Wildman–Crippen LogP) is 5.23. The van der Waals surface area contributed by atoms with E-state index in [1.54, 1.807) is 7.11 Å². The lowest BCUT2D eigenvalue weighted by molar-refractivity contribution is -0.114. The number of anilines is 1. The zero-order valence-electron chi connectivity index (χ0n) is 18.0. The average Bonchev–Trinajstić information content (AvgIpc) is 3.23. The first kappa shape index (κ1) is 21.6. The highest BCUT2D eigenvalue weighted by atomic mass is 32.1. The molecule has 6 heteroatoms. The molecule has 0 aliphatic carbocycles. The van der Waals surface area contributed by atoms with Crippen LogP contribution in [0.2, 0.25) is 0 Å². The van der Waals surface area contributed by atoms with E-state index in [-0.39, 0.29) is 11.8 Å². The largest absolute Gasteiger partial charge is 0.497 e. The normalized spacial score (nSPS) is 11.7. The van der Waals surface area contributed by atoms with E-state index >= 15 is 0 Å². The number of hydrogen-bond donors (Lipinski definition) is 3. The number of aromatic amines is 1. The minimum atomic E-state index is -0.0977. The highest BCUT2D eigenvalue weighted by Crippen LogP contribution is 2.31. The van der Waals surface area contributed by atoms with Crippen LogP contribution in [0, 0.1) is 0 Å². The van der Waals surface area contributed by atoms with Gasteiger partial charge in [0.05, 0.1) is 7.11 Å². The van der Waals surface area contributed by atoms with Crippen LogP contribution in [-0.4, -0.2) is 29.5 Å². The van der Waals surface area contributed by atoms with E-state index in [1.807, 2.05) is 42.5 Å². The third-order valence-electron chi connectivity index (χ3n) is 5.45. The second kappa shape index (κ2) is 9.66. The Labute approximate surface area is 192 Å². The van der Waals surface area contributed by atoms with Crippen LogP contribution in [-0.2, 0) is 4.79 Å². The Morgan fingerprint density at radius 1 is 1.03 bits per heavy atom. The molecule has 0 saturated carbocycles. The summed E-state index contributed by atoms with van der Waals surface area (Å²) in [5.41, 5.74) is 5.14. The first-order valence-electron chi connectivity index (χ1n) is 10.4. The lowest BCUT2D eigenvalue weighted by Gasteiger charge is -2.20. The molecule has 3 N–H and O–H groups in total. The van der Waals surface area contributed by atoms with Gasteiger partial charge in [0.25, 0.3) is 0 Å². The van der Waals surface area contributed by atoms with Gasteiger partial charge < -0.3 is 20.4 Å². The number of fused-ring (bicyclic) bond motifs is 1. The van der Waals surface area contributed by atoms with Crippen LogP contribution in [0.15, 0.2) is 79.0 Å². The Morgan fingerprint density at radius 3 is 2.44 bits per heavy atom. The molecule has 4 aromatic rings. The lowest BCUT2D eigenvalue weighted by atomic mass is 9.90. The Hall–Kier alpha value is -3.64. The van der Waals surface area contributed by atoms with Gasteiger partial charge in [0.15, 0.2) is 0 Å². The van der Waals surface area contributed by atoms with E-state index in [0.717, 1.165) is 22.5 Å². The molecule has 162 valence electrons. The summed E-state index contributed by atoms with van der Waals surface area (Å²) in [5.74, 6) is 0.822. The van der Waals surface area contributed by atoms with Crippen molar-refractivity contribution in [2.75, 3.05) is 19.0 Å². The highest BCUT2D eigenvalue weighted by Gasteiger charge is 2.19. The number of thiocarbonyl (C=S) groups is 1. The fraction of sp³-hybridized carbons (Fsp3) is 0.154. The van der Waals surface area contributed by atoms with E-state index in [2.05, 4.69) is 52.1 Å². The molecule has 1 heterocycles. The maximum absolute atomic E-state index is 11.2. The van der Waals surface area contributed by atoms with Crippen LogP contribution in [0.5, 0.6) is 5.75 Å². The number of hydrogen-bond acceptors (Lipinski definition) is 3. The monoisotopic (exact) mass is 443 g/mol. The molecule has 1 amide bonds. The van der Waals surface area contributed by atoms with Gasteiger partial charge in [-0.1, -0.05) is 42.5 Å². The average molecular weight is 444 g/mol. The Balaban J connectivity index is 1.57. The summed E-state index contributed by atoms with van der Waals surface area (Å²) in [5, 5.41) is 7.40. The number of methoxy groups -OCH3 is 1. The van der Waals surface area contributed by atoms with Gasteiger partial charge in [-0.2, -0.15) is 0 Å². The first-order valence-corrected chi connectivity index (χ1v) is 10.8. The quantitative estimate of drug-likeness (QED) is 0.342. The van der Waals surface area contributed by atoms with Crippen molar-refractivity contribution in [2.45, 2.75) is 12.8 Å². The van der Waals surface area contributed by atoms with Gasteiger partial charge in [0, 0.05) is 47.7 Å². The fourth-order valence-corrected chi connectivity index (χ4v) is 4.05. The van der Waals surface area contributed by atoms with Gasteiger partial charge in [0.1, 0.15) is 10.7 Å². The van der Waals surface area contributed by atoms with Crippen molar-refractivity contribution in [3.63, 3.8) is 0 Å². The van der Waals surface area contributed by atoms with Crippen LogP contribution < -0.4 is 15.4 Å². The predicted molar refractivity (Wildman–Crippen MR) is 134 cm³/mol. The summed E-state index contributed by atoms with van der Waals surface area (Å²) in [6.45, 7) is 2.13. The van der Waals surface area contributed by atoms with Crippen molar-refractivity contribution in [1.82, 2.24) is 10.3 Å². The van der Waals surface area contributed by atoms with E-state index in [9.17, 15) is 4.79 Å². The molecule has 32 heavy (non-hydrogen) atoms. The maximum atomic E-state index is 11.2.